The Morgan fingerprint density at radius 1 is 1.56 bits per heavy atom. The Morgan fingerprint density at radius 2 is 2.19 bits per heavy atom. The first-order valence-electron chi connectivity index (χ1n) is 5.48. The molecular formula is C11H19N2O3-. The standard InChI is InChI=1S/C11H20N2O3/c1-7-5-9(14)12-6-8(7)13-10(15)16-11(2,3)4/h7-8H,5-6H2,1-4H3,(H,12,14)(H,13,15)/p-1/t7-,8+/m0/s1. The normalized spacial score (nSPS) is 27.5. The quantitative estimate of drug-likeness (QED) is 0.508. The molecule has 2 atom stereocenters. The van der Waals surface area contributed by atoms with Gasteiger partial charge in [0, 0.05) is 18.6 Å². The first kappa shape index (κ1) is 12.8. The fraction of sp³-hybridized carbons (Fsp3) is 0.818. The monoisotopic (exact) mass is 227 g/mol. The highest BCUT2D eigenvalue weighted by Gasteiger charge is 2.25. The summed E-state index contributed by atoms with van der Waals surface area (Å²) in [6.45, 7) is 7.72. The van der Waals surface area contributed by atoms with Crippen molar-refractivity contribution < 1.29 is 14.6 Å². The second-order valence-corrected chi connectivity index (χ2v) is 5.16. The minimum absolute atomic E-state index is 0.0168. The van der Waals surface area contributed by atoms with E-state index in [1.165, 1.54) is 0 Å². The number of ether oxygens (including phenoxy) is 1. The van der Waals surface area contributed by atoms with Crippen molar-refractivity contribution in [1.29, 1.82) is 0 Å². The minimum Gasteiger partial charge on any atom is -0.595 e. The number of aliphatic imine (C=N–C) groups is 1. The predicted molar refractivity (Wildman–Crippen MR) is 58.9 cm³/mol. The fourth-order valence-corrected chi connectivity index (χ4v) is 1.52. The summed E-state index contributed by atoms with van der Waals surface area (Å²) in [6.07, 6.45) is -0.141. The zero-order valence-corrected chi connectivity index (χ0v) is 10.2. The van der Waals surface area contributed by atoms with Gasteiger partial charge in [0.2, 0.25) is 5.91 Å². The highest BCUT2D eigenvalue weighted by Crippen LogP contribution is 2.16. The van der Waals surface area contributed by atoms with Gasteiger partial charge in [0.1, 0.15) is 6.08 Å². The van der Waals surface area contributed by atoms with E-state index in [1.807, 2.05) is 6.92 Å². The lowest BCUT2D eigenvalue weighted by molar-refractivity contribution is -0.261. The van der Waals surface area contributed by atoms with Crippen LogP contribution in [-0.2, 0) is 9.53 Å². The van der Waals surface area contributed by atoms with Gasteiger partial charge >= 0.3 is 0 Å². The van der Waals surface area contributed by atoms with Crippen molar-refractivity contribution in [3.05, 3.63) is 0 Å². The SMILES string of the molecule is C[C@H]1CC(=O)NC[C@H]1N=C([O-])OC(C)(C)C. The van der Waals surface area contributed by atoms with Crippen molar-refractivity contribution in [3.8, 4) is 0 Å². The largest absolute Gasteiger partial charge is 0.595 e. The summed E-state index contributed by atoms with van der Waals surface area (Å²) in [6, 6.07) is -0.174. The Kier molecular flexibility index (Phi) is 3.78. The second-order valence-electron chi connectivity index (χ2n) is 5.16. The number of hydrogen-bond donors (Lipinski definition) is 1. The van der Waals surface area contributed by atoms with Crippen molar-refractivity contribution in [2.75, 3.05) is 6.54 Å². The lowest BCUT2D eigenvalue weighted by Gasteiger charge is -2.32. The third-order valence-corrected chi connectivity index (χ3v) is 2.34. The molecule has 1 fully saturated rings. The van der Waals surface area contributed by atoms with Gasteiger partial charge in [-0.2, -0.15) is 0 Å². The van der Waals surface area contributed by atoms with Crippen molar-refractivity contribution in [2.45, 2.75) is 45.8 Å². The summed E-state index contributed by atoms with van der Waals surface area (Å²) < 4.78 is 5.10. The van der Waals surface area contributed by atoms with E-state index in [0.29, 0.717) is 13.0 Å². The van der Waals surface area contributed by atoms with E-state index in [-0.39, 0.29) is 17.9 Å². The Labute approximate surface area is 95.9 Å². The molecule has 5 heteroatoms. The van der Waals surface area contributed by atoms with Gasteiger partial charge in [-0.1, -0.05) is 27.7 Å². The highest BCUT2D eigenvalue weighted by molar-refractivity contribution is 5.77. The van der Waals surface area contributed by atoms with Crippen LogP contribution in [0.1, 0.15) is 34.1 Å². The molecule has 0 aromatic heterocycles. The van der Waals surface area contributed by atoms with Crippen LogP contribution >= 0.6 is 0 Å². The smallest absolute Gasteiger partial charge is 0.220 e. The fourth-order valence-electron chi connectivity index (χ4n) is 1.52. The van der Waals surface area contributed by atoms with E-state index >= 15 is 0 Å². The van der Waals surface area contributed by atoms with Crippen LogP contribution in [0, 0.1) is 5.92 Å². The first-order valence-corrected chi connectivity index (χ1v) is 5.48. The molecule has 1 heterocycles. The molecule has 0 aromatic rings. The maximum Gasteiger partial charge on any atom is 0.220 e. The molecule has 1 rings (SSSR count). The van der Waals surface area contributed by atoms with Crippen LogP contribution < -0.4 is 10.4 Å². The lowest BCUT2D eigenvalue weighted by Crippen LogP contribution is -2.44. The molecule has 1 saturated heterocycles. The van der Waals surface area contributed by atoms with E-state index in [4.69, 9.17) is 4.74 Å². The third-order valence-electron chi connectivity index (χ3n) is 2.34. The molecule has 16 heavy (non-hydrogen) atoms. The van der Waals surface area contributed by atoms with Crippen molar-refractivity contribution in [1.82, 2.24) is 5.32 Å². The molecular weight excluding hydrogens is 208 g/mol. The number of carbonyl (C=O) groups excluding carboxylic acids is 1. The summed E-state index contributed by atoms with van der Waals surface area (Å²) >= 11 is 0. The number of nitrogens with zero attached hydrogens (tertiary/aromatic N) is 1. The zero-order valence-electron chi connectivity index (χ0n) is 10.2. The van der Waals surface area contributed by atoms with Gasteiger partial charge in [-0.25, -0.2) is 0 Å². The molecule has 0 spiro atoms. The van der Waals surface area contributed by atoms with Gasteiger partial charge in [0.25, 0.3) is 0 Å². The third kappa shape index (κ3) is 4.08. The average Bonchev–Trinajstić information content (AvgIpc) is 2.06. The minimum atomic E-state index is -0.555. The second kappa shape index (κ2) is 4.72. The van der Waals surface area contributed by atoms with E-state index in [9.17, 15) is 9.90 Å². The molecule has 0 aromatic carbocycles. The van der Waals surface area contributed by atoms with Gasteiger partial charge in [-0.3, -0.25) is 9.79 Å². The molecule has 0 radical (unpaired) electrons. The van der Waals surface area contributed by atoms with Crippen LogP contribution in [0.25, 0.3) is 0 Å². The first-order chi connectivity index (χ1) is 7.28. The summed E-state index contributed by atoms with van der Waals surface area (Å²) in [7, 11) is 0. The molecule has 0 saturated carbocycles. The number of carbonyl (C=O) groups is 1. The molecule has 1 aliphatic rings. The topological polar surface area (TPSA) is 73.8 Å². The number of amides is 1. The van der Waals surface area contributed by atoms with Gasteiger partial charge in [-0.15, -0.1) is 0 Å². The van der Waals surface area contributed by atoms with Crippen LogP contribution in [0.15, 0.2) is 4.99 Å². The summed E-state index contributed by atoms with van der Waals surface area (Å²) in [5, 5.41) is 14.1. The zero-order chi connectivity index (χ0) is 12.3. The lowest BCUT2D eigenvalue weighted by atomic mass is 9.95. The maximum atomic E-state index is 11.5. The van der Waals surface area contributed by atoms with E-state index < -0.39 is 11.7 Å². The predicted octanol–water partition coefficient (Wildman–Crippen LogP) is 0.0424. The van der Waals surface area contributed by atoms with Crippen molar-refractivity contribution >= 4 is 12.0 Å². The molecule has 0 aliphatic carbocycles. The molecule has 1 amide bonds. The summed E-state index contributed by atoms with van der Waals surface area (Å²) in [5.74, 6) is 0.101. The molecule has 92 valence electrons. The highest BCUT2D eigenvalue weighted by atomic mass is 16.6. The van der Waals surface area contributed by atoms with Gasteiger partial charge in [0.15, 0.2) is 0 Å². The molecule has 0 unspecified atom stereocenters. The van der Waals surface area contributed by atoms with Gasteiger partial charge in [0.05, 0.1) is 6.04 Å². The van der Waals surface area contributed by atoms with Crippen molar-refractivity contribution in [2.24, 2.45) is 10.9 Å². The van der Waals surface area contributed by atoms with E-state index in [2.05, 4.69) is 10.3 Å². The van der Waals surface area contributed by atoms with Crippen molar-refractivity contribution in [3.63, 3.8) is 0 Å². The summed E-state index contributed by atoms with van der Waals surface area (Å²) in [4.78, 5) is 15.0. The van der Waals surface area contributed by atoms with E-state index in [1.54, 1.807) is 20.8 Å². The number of rotatable bonds is 1. The van der Waals surface area contributed by atoms with Crippen LogP contribution in [0.2, 0.25) is 0 Å². The molecule has 5 nitrogen and oxygen atoms in total. The molecule has 1 aliphatic heterocycles. The van der Waals surface area contributed by atoms with Crippen LogP contribution in [-0.4, -0.2) is 30.2 Å². The van der Waals surface area contributed by atoms with Crippen LogP contribution in [0.5, 0.6) is 0 Å². The van der Waals surface area contributed by atoms with Crippen LogP contribution in [0.3, 0.4) is 0 Å². The number of hydrogen-bond acceptors (Lipinski definition) is 4. The van der Waals surface area contributed by atoms with Gasteiger partial charge < -0.3 is 15.2 Å². The Hall–Kier alpha value is -1.26. The molecule has 1 N–H and O–H groups in total. The maximum absolute atomic E-state index is 11.5. The summed E-state index contributed by atoms with van der Waals surface area (Å²) in [5.41, 5.74) is -0.526. The Balaban J connectivity index is 2.58. The molecule has 0 bridgehead atoms. The average molecular weight is 227 g/mol. The van der Waals surface area contributed by atoms with Crippen LogP contribution in [0.4, 0.5) is 0 Å². The van der Waals surface area contributed by atoms with Gasteiger partial charge in [-0.05, 0) is 5.92 Å². The number of piperidine rings is 1. The Bertz CT molecular complexity index is 294. The number of nitrogens with one attached hydrogen (secondary N) is 1. The van der Waals surface area contributed by atoms with E-state index in [0.717, 1.165) is 0 Å². The Morgan fingerprint density at radius 3 is 2.69 bits per heavy atom.